The summed E-state index contributed by atoms with van der Waals surface area (Å²) in [6.07, 6.45) is 0. The van der Waals surface area contributed by atoms with Crippen molar-refractivity contribution in [3.63, 3.8) is 0 Å². The number of phenols is 1. The zero-order valence-electron chi connectivity index (χ0n) is 12.2. The van der Waals surface area contributed by atoms with Crippen LogP contribution in [-0.2, 0) is 4.79 Å². The molecule has 2 aromatic carbocycles. The number of hydrogen-bond donors (Lipinski definition) is 3. The Balaban J connectivity index is 2.03. The fourth-order valence-corrected chi connectivity index (χ4v) is 1.85. The largest absolute Gasteiger partial charge is 0.507 e. The highest BCUT2D eigenvalue weighted by molar-refractivity contribution is 6.01. The van der Waals surface area contributed by atoms with Crippen molar-refractivity contribution in [1.29, 1.82) is 0 Å². The van der Waals surface area contributed by atoms with E-state index in [9.17, 15) is 36.6 Å². The molecule has 0 aliphatic heterocycles. The first-order valence-corrected chi connectivity index (χ1v) is 6.60. The smallest absolute Gasteiger partial charge is 0.258 e. The fourth-order valence-electron chi connectivity index (χ4n) is 1.85. The third-order valence-corrected chi connectivity index (χ3v) is 2.98. The quantitative estimate of drug-likeness (QED) is 0.579. The second-order valence-electron chi connectivity index (χ2n) is 4.74. The molecular weight excluding hydrogens is 351 g/mol. The molecule has 2 amide bonds. The molecule has 0 bridgehead atoms. The highest BCUT2D eigenvalue weighted by Crippen LogP contribution is 2.22. The molecular formula is C15H9F5N2O3. The van der Waals surface area contributed by atoms with E-state index < -0.39 is 64.4 Å². The minimum atomic E-state index is -1.79. The molecule has 0 unspecified atom stereocenters. The van der Waals surface area contributed by atoms with E-state index in [1.165, 1.54) is 0 Å². The lowest BCUT2D eigenvalue weighted by atomic mass is 10.1. The summed E-state index contributed by atoms with van der Waals surface area (Å²) in [6.45, 7) is -0.812. The predicted molar refractivity (Wildman–Crippen MR) is 75.3 cm³/mol. The van der Waals surface area contributed by atoms with Crippen molar-refractivity contribution < 1.29 is 36.6 Å². The Morgan fingerprint density at radius 2 is 1.64 bits per heavy atom. The third kappa shape index (κ3) is 4.03. The maximum absolute atomic E-state index is 13.5. The highest BCUT2D eigenvalue weighted by atomic mass is 19.2. The molecule has 0 spiro atoms. The zero-order valence-corrected chi connectivity index (χ0v) is 12.2. The van der Waals surface area contributed by atoms with Gasteiger partial charge >= 0.3 is 0 Å². The Labute approximate surface area is 137 Å². The molecule has 0 aromatic heterocycles. The van der Waals surface area contributed by atoms with E-state index in [1.54, 1.807) is 0 Å². The van der Waals surface area contributed by atoms with Gasteiger partial charge in [0, 0.05) is 12.1 Å². The zero-order chi connectivity index (χ0) is 18.7. The van der Waals surface area contributed by atoms with Gasteiger partial charge < -0.3 is 15.7 Å². The lowest BCUT2D eigenvalue weighted by molar-refractivity contribution is -0.115. The molecule has 0 saturated heterocycles. The Kier molecular flexibility index (Phi) is 5.20. The van der Waals surface area contributed by atoms with Crippen molar-refractivity contribution in [1.82, 2.24) is 5.32 Å². The molecule has 25 heavy (non-hydrogen) atoms. The number of amides is 2. The van der Waals surface area contributed by atoms with Gasteiger partial charge in [-0.05, 0) is 12.1 Å². The monoisotopic (exact) mass is 360 g/mol. The minimum absolute atomic E-state index is 0.353. The van der Waals surface area contributed by atoms with Crippen LogP contribution in [0.5, 0.6) is 5.75 Å². The molecule has 2 aromatic rings. The Morgan fingerprint density at radius 1 is 0.960 bits per heavy atom. The molecule has 3 N–H and O–H groups in total. The Hall–Kier alpha value is -3.17. The summed E-state index contributed by atoms with van der Waals surface area (Å²) < 4.78 is 65.5. The minimum Gasteiger partial charge on any atom is -0.507 e. The number of phenolic OH excluding ortho intramolecular Hbond substituents is 1. The van der Waals surface area contributed by atoms with Gasteiger partial charge in [-0.3, -0.25) is 9.59 Å². The van der Waals surface area contributed by atoms with Crippen LogP contribution in [-0.4, -0.2) is 23.5 Å². The Morgan fingerprint density at radius 3 is 2.28 bits per heavy atom. The van der Waals surface area contributed by atoms with Crippen LogP contribution < -0.4 is 10.6 Å². The molecule has 0 aliphatic carbocycles. The summed E-state index contributed by atoms with van der Waals surface area (Å²) in [5, 5.41) is 13.1. The van der Waals surface area contributed by atoms with Crippen LogP contribution in [0.2, 0.25) is 0 Å². The van der Waals surface area contributed by atoms with E-state index >= 15 is 0 Å². The molecule has 10 heteroatoms. The summed E-state index contributed by atoms with van der Waals surface area (Å²) >= 11 is 0. The van der Waals surface area contributed by atoms with Crippen molar-refractivity contribution >= 4 is 17.5 Å². The standard InChI is InChI=1S/C15H9F5N2O3/c16-6-3-8(18)12(10(23)4-6)15(25)21-5-11(24)22-9-2-1-7(17)13(19)14(9)20/h1-4,23H,5H2,(H,21,25)(H,22,24). The molecule has 5 nitrogen and oxygen atoms in total. The first kappa shape index (κ1) is 18.2. The molecule has 0 heterocycles. The topological polar surface area (TPSA) is 78.4 Å². The molecule has 0 atom stereocenters. The number of nitrogens with one attached hydrogen (secondary N) is 2. The number of halogens is 5. The van der Waals surface area contributed by atoms with Crippen molar-refractivity contribution in [2.75, 3.05) is 11.9 Å². The van der Waals surface area contributed by atoms with Crippen LogP contribution >= 0.6 is 0 Å². The van der Waals surface area contributed by atoms with Crippen LogP contribution in [0, 0.1) is 29.1 Å². The van der Waals surface area contributed by atoms with Gasteiger partial charge in [-0.15, -0.1) is 0 Å². The van der Waals surface area contributed by atoms with Gasteiger partial charge in [0.15, 0.2) is 17.5 Å². The summed E-state index contributed by atoms with van der Waals surface area (Å²) in [5.41, 5.74) is -1.57. The van der Waals surface area contributed by atoms with Crippen molar-refractivity contribution in [2.24, 2.45) is 0 Å². The van der Waals surface area contributed by atoms with E-state index in [0.29, 0.717) is 18.2 Å². The maximum Gasteiger partial charge on any atom is 0.258 e. The number of rotatable bonds is 4. The molecule has 132 valence electrons. The van der Waals surface area contributed by atoms with Crippen LogP contribution in [0.15, 0.2) is 24.3 Å². The van der Waals surface area contributed by atoms with Crippen LogP contribution in [0.1, 0.15) is 10.4 Å². The average molecular weight is 360 g/mol. The van der Waals surface area contributed by atoms with E-state index in [2.05, 4.69) is 0 Å². The molecule has 0 aliphatic rings. The predicted octanol–water partition coefficient (Wildman–Crippen LogP) is 2.46. The van der Waals surface area contributed by atoms with E-state index in [-0.39, 0.29) is 0 Å². The summed E-state index contributed by atoms with van der Waals surface area (Å²) in [6, 6.07) is 2.19. The summed E-state index contributed by atoms with van der Waals surface area (Å²) in [4.78, 5) is 23.3. The summed E-state index contributed by atoms with van der Waals surface area (Å²) in [7, 11) is 0. The first-order valence-electron chi connectivity index (χ1n) is 6.60. The van der Waals surface area contributed by atoms with E-state index in [4.69, 9.17) is 0 Å². The first-order chi connectivity index (χ1) is 11.7. The summed E-state index contributed by atoms with van der Waals surface area (Å²) in [5.74, 6) is -10.6. The normalized spacial score (nSPS) is 10.4. The molecule has 0 saturated carbocycles. The van der Waals surface area contributed by atoms with Gasteiger partial charge in [-0.25, -0.2) is 22.0 Å². The van der Waals surface area contributed by atoms with Crippen LogP contribution in [0.4, 0.5) is 27.6 Å². The maximum atomic E-state index is 13.5. The van der Waals surface area contributed by atoms with E-state index in [1.807, 2.05) is 10.6 Å². The molecule has 2 rings (SSSR count). The van der Waals surface area contributed by atoms with Gasteiger partial charge in [-0.2, -0.15) is 0 Å². The second-order valence-corrected chi connectivity index (χ2v) is 4.74. The number of anilines is 1. The van der Waals surface area contributed by atoms with Crippen molar-refractivity contribution in [3.05, 3.63) is 58.9 Å². The van der Waals surface area contributed by atoms with Gasteiger partial charge in [0.2, 0.25) is 5.91 Å². The number of hydrogen-bond acceptors (Lipinski definition) is 3. The molecule has 0 fully saturated rings. The van der Waals surface area contributed by atoms with Crippen LogP contribution in [0.3, 0.4) is 0 Å². The fraction of sp³-hybridized carbons (Fsp3) is 0.0667. The third-order valence-electron chi connectivity index (χ3n) is 2.98. The number of benzene rings is 2. The number of carbonyl (C=O) groups is 2. The number of aromatic hydroxyl groups is 1. The SMILES string of the molecule is O=C(CNC(=O)c1c(O)cc(F)cc1F)Nc1ccc(F)c(F)c1F. The second kappa shape index (κ2) is 7.16. The van der Waals surface area contributed by atoms with Crippen molar-refractivity contribution in [2.45, 2.75) is 0 Å². The van der Waals surface area contributed by atoms with Gasteiger partial charge in [0.25, 0.3) is 5.91 Å². The highest BCUT2D eigenvalue weighted by Gasteiger charge is 2.20. The molecule has 0 radical (unpaired) electrons. The lowest BCUT2D eigenvalue weighted by Gasteiger charge is -2.10. The van der Waals surface area contributed by atoms with Gasteiger partial charge in [-0.1, -0.05) is 0 Å². The van der Waals surface area contributed by atoms with Crippen molar-refractivity contribution in [3.8, 4) is 5.75 Å². The van der Waals surface area contributed by atoms with Gasteiger partial charge in [0.05, 0.1) is 12.2 Å². The van der Waals surface area contributed by atoms with Gasteiger partial charge in [0.1, 0.15) is 22.9 Å². The number of carbonyl (C=O) groups excluding carboxylic acids is 2. The lowest BCUT2D eigenvalue weighted by Crippen LogP contribution is -2.33. The Bertz CT molecular complexity index is 834. The van der Waals surface area contributed by atoms with E-state index in [0.717, 1.165) is 6.07 Å². The average Bonchev–Trinajstić information content (AvgIpc) is 2.52. The van der Waals surface area contributed by atoms with Crippen LogP contribution in [0.25, 0.3) is 0 Å².